The van der Waals surface area contributed by atoms with Crippen LogP contribution in [-0.4, -0.2) is 59.9 Å². The fourth-order valence-electron chi connectivity index (χ4n) is 6.31. The third-order valence-electron chi connectivity index (χ3n) is 8.34. The second kappa shape index (κ2) is 13.8. The zero-order chi connectivity index (χ0) is 28.6. The number of ketones is 1. The molecule has 2 fully saturated rings. The highest BCUT2D eigenvalue weighted by atomic mass is 16.5. The van der Waals surface area contributed by atoms with Crippen LogP contribution in [0.15, 0.2) is 30.3 Å². The number of anilines is 1. The first kappa shape index (κ1) is 29.6. The molecule has 0 bridgehead atoms. The predicted octanol–water partition coefficient (Wildman–Crippen LogP) is 3.55. The van der Waals surface area contributed by atoms with Crippen LogP contribution >= 0.6 is 0 Å². The van der Waals surface area contributed by atoms with E-state index in [2.05, 4.69) is 17.1 Å². The van der Waals surface area contributed by atoms with E-state index in [1.807, 2.05) is 13.0 Å². The number of nitrogens with two attached hydrogens (primary N) is 1. The molecular weight excluding hydrogens is 506 g/mol. The number of benzene rings is 1. The summed E-state index contributed by atoms with van der Waals surface area (Å²) in [6.07, 6.45) is 7.48. The number of nitrogens with zero attached hydrogens (tertiary/aromatic N) is 3. The third kappa shape index (κ3) is 7.44. The summed E-state index contributed by atoms with van der Waals surface area (Å²) in [5.41, 5.74) is 7.61. The lowest BCUT2D eigenvalue weighted by atomic mass is 9.84. The summed E-state index contributed by atoms with van der Waals surface area (Å²) in [6.45, 7) is 4.96. The van der Waals surface area contributed by atoms with Gasteiger partial charge < -0.3 is 20.7 Å². The van der Waals surface area contributed by atoms with Crippen LogP contribution in [0, 0.1) is 18.8 Å². The molecule has 0 spiro atoms. The van der Waals surface area contributed by atoms with Crippen LogP contribution in [0.4, 0.5) is 5.82 Å². The first-order valence-corrected chi connectivity index (χ1v) is 14.6. The molecule has 216 valence electrons. The second-order valence-corrected chi connectivity index (χ2v) is 11.3. The van der Waals surface area contributed by atoms with E-state index in [0.29, 0.717) is 49.3 Å². The van der Waals surface area contributed by atoms with Crippen LogP contribution in [0.3, 0.4) is 0 Å². The third-order valence-corrected chi connectivity index (χ3v) is 8.34. The number of aryl methyl sites for hydroxylation is 1. The van der Waals surface area contributed by atoms with Gasteiger partial charge in [-0.15, -0.1) is 0 Å². The van der Waals surface area contributed by atoms with Gasteiger partial charge in [0.05, 0.1) is 13.0 Å². The van der Waals surface area contributed by atoms with Crippen molar-refractivity contribution in [1.29, 1.82) is 0 Å². The van der Waals surface area contributed by atoms with E-state index in [1.165, 1.54) is 6.42 Å². The Hall–Kier alpha value is -3.33. The topological polar surface area (TPSA) is 128 Å². The minimum Gasteiger partial charge on any atom is -0.383 e. The number of methoxy groups -OCH3 is 1. The molecule has 4 atom stereocenters. The molecule has 1 aromatic heterocycles. The van der Waals surface area contributed by atoms with Crippen LogP contribution < -0.4 is 16.0 Å². The first-order chi connectivity index (χ1) is 19.3. The van der Waals surface area contributed by atoms with Gasteiger partial charge in [-0.25, -0.2) is 9.97 Å². The molecule has 1 aliphatic carbocycles. The highest BCUT2D eigenvalue weighted by molar-refractivity contribution is 5.96. The van der Waals surface area contributed by atoms with Crippen LogP contribution in [0.25, 0.3) is 0 Å². The van der Waals surface area contributed by atoms with Crippen LogP contribution in [0.1, 0.15) is 79.3 Å². The van der Waals surface area contributed by atoms with Crippen molar-refractivity contribution in [3.05, 3.63) is 53.0 Å². The summed E-state index contributed by atoms with van der Waals surface area (Å²) in [7, 11) is 1.63. The minimum absolute atomic E-state index is 0.0307. The van der Waals surface area contributed by atoms with Gasteiger partial charge in [-0.1, -0.05) is 50.5 Å². The van der Waals surface area contributed by atoms with E-state index >= 15 is 0 Å². The SMILES string of the molecule is CCC(CC(=O)c1ccc(CC(N)=O)cc1)Cc1cc(N2[C@H](C(=O)NCCOC)C[C@@H]3CCCC[C@@H]32)nc(C)n1. The Balaban J connectivity index is 1.50. The molecule has 9 heteroatoms. The molecule has 4 rings (SSSR count). The van der Waals surface area contributed by atoms with E-state index < -0.39 is 5.91 Å². The average Bonchev–Trinajstić information content (AvgIpc) is 3.32. The number of Topliss-reactive ketones (excluding diaryl/α,β-unsaturated/α-hetero) is 1. The molecule has 2 aromatic rings. The molecule has 1 saturated carbocycles. The maximum atomic E-state index is 13.3. The number of carbonyl (C=O) groups is 3. The van der Waals surface area contributed by atoms with Gasteiger partial charge in [0.25, 0.3) is 0 Å². The quantitative estimate of drug-likeness (QED) is 0.289. The summed E-state index contributed by atoms with van der Waals surface area (Å²) in [4.78, 5) is 49.3. The summed E-state index contributed by atoms with van der Waals surface area (Å²) in [5, 5.41) is 3.05. The Labute approximate surface area is 237 Å². The smallest absolute Gasteiger partial charge is 0.242 e. The zero-order valence-electron chi connectivity index (χ0n) is 24.0. The number of ether oxygens (including phenoxy) is 1. The lowest BCUT2D eigenvalue weighted by Gasteiger charge is -2.34. The van der Waals surface area contributed by atoms with Gasteiger partial charge in [-0.05, 0) is 50.0 Å². The van der Waals surface area contributed by atoms with Crippen molar-refractivity contribution in [3.8, 4) is 0 Å². The molecule has 1 aliphatic heterocycles. The largest absolute Gasteiger partial charge is 0.383 e. The van der Waals surface area contributed by atoms with E-state index in [9.17, 15) is 14.4 Å². The van der Waals surface area contributed by atoms with Crippen LogP contribution in [0.5, 0.6) is 0 Å². The number of carbonyl (C=O) groups excluding carboxylic acids is 3. The fraction of sp³-hybridized carbons (Fsp3) is 0.581. The number of aromatic nitrogens is 2. The lowest BCUT2D eigenvalue weighted by Crippen LogP contribution is -2.48. The first-order valence-electron chi connectivity index (χ1n) is 14.6. The summed E-state index contributed by atoms with van der Waals surface area (Å²) >= 11 is 0. The maximum absolute atomic E-state index is 13.3. The number of nitrogens with one attached hydrogen (secondary N) is 1. The van der Waals surface area contributed by atoms with Crippen molar-refractivity contribution in [1.82, 2.24) is 15.3 Å². The number of hydrogen-bond donors (Lipinski definition) is 2. The van der Waals surface area contributed by atoms with Crippen LogP contribution in [0.2, 0.25) is 0 Å². The molecule has 2 aliphatic rings. The zero-order valence-corrected chi connectivity index (χ0v) is 24.0. The highest BCUT2D eigenvalue weighted by Crippen LogP contribution is 2.42. The average molecular weight is 550 g/mol. The molecule has 9 nitrogen and oxygen atoms in total. The van der Waals surface area contributed by atoms with Gasteiger partial charge in [0.2, 0.25) is 11.8 Å². The van der Waals surface area contributed by atoms with Crippen molar-refractivity contribution >= 4 is 23.4 Å². The summed E-state index contributed by atoms with van der Waals surface area (Å²) in [6, 6.07) is 9.19. The van der Waals surface area contributed by atoms with Gasteiger partial charge in [0, 0.05) is 43.4 Å². The van der Waals surface area contributed by atoms with E-state index in [-0.39, 0.29) is 30.1 Å². The van der Waals surface area contributed by atoms with E-state index in [1.54, 1.807) is 31.4 Å². The number of fused-ring (bicyclic) bond motifs is 1. The molecule has 1 saturated heterocycles. The van der Waals surface area contributed by atoms with Crippen molar-refractivity contribution in [2.75, 3.05) is 25.2 Å². The normalized spacial score (nSPS) is 21.1. The molecule has 3 N–H and O–H groups in total. The van der Waals surface area contributed by atoms with E-state index in [0.717, 1.165) is 49.2 Å². The summed E-state index contributed by atoms with van der Waals surface area (Å²) < 4.78 is 5.12. The standard InChI is InChI=1S/C31H43N5O4/c1-4-21(16-28(37)23-11-9-22(10-12-23)17-29(32)38)15-25-19-30(35-20(2)34-25)36-26-8-6-5-7-24(26)18-27(36)31(39)33-13-14-40-3/h9-12,19,21,24,26-27H,4-8,13-18H2,1-3H3,(H2,32,38)(H,33,39)/t21?,24-,26-,27-/m0/s1. The molecule has 40 heavy (non-hydrogen) atoms. The van der Waals surface area contributed by atoms with Gasteiger partial charge >= 0.3 is 0 Å². The lowest BCUT2D eigenvalue weighted by molar-refractivity contribution is -0.122. The summed E-state index contributed by atoms with van der Waals surface area (Å²) in [5.74, 6) is 1.81. The number of amides is 2. The van der Waals surface area contributed by atoms with Gasteiger partial charge in [-0.2, -0.15) is 0 Å². The van der Waals surface area contributed by atoms with E-state index in [4.69, 9.17) is 20.4 Å². The molecule has 0 radical (unpaired) electrons. The number of hydrogen-bond acceptors (Lipinski definition) is 7. The van der Waals surface area contributed by atoms with Gasteiger partial charge in [-0.3, -0.25) is 14.4 Å². The van der Waals surface area contributed by atoms with Crippen molar-refractivity contribution in [3.63, 3.8) is 0 Å². The Morgan fingerprint density at radius 1 is 1.15 bits per heavy atom. The Morgan fingerprint density at radius 3 is 2.60 bits per heavy atom. The van der Waals surface area contributed by atoms with Crippen molar-refractivity contribution in [2.24, 2.45) is 17.6 Å². The van der Waals surface area contributed by atoms with Gasteiger partial charge in [0.15, 0.2) is 5.78 Å². The molecule has 2 amide bonds. The van der Waals surface area contributed by atoms with Crippen LogP contribution in [-0.2, 0) is 27.2 Å². The second-order valence-electron chi connectivity index (χ2n) is 11.3. The Bertz CT molecular complexity index is 1180. The molecular formula is C31H43N5O4. The number of primary amides is 1. The molecule has 1 aromatic carbocycles. The molecule has 1 unspecified atom stereocenters. The fourth-order valence-corrected chi connectivity index (χ4v) is 6.31. The van der Waals surface area contributed by atoms with Crippen molar-refractivity contribution < 1.29 is 19.1 Å². The Morgan fingerprint density at radius 2 is 1.90 bits per heavy atom. The minimum atomic E-state index is -0.393. The monoisotopic (exact) mass is 549 g/mol. The highest BCUT2D eigenvalue weighted by Gasteiger charge is 2.45. The predicted molar refractivity (Wildman–Crippen MR) is 154 cm³/mol. The number of rotatable bonds is 13. The Kier molecular flexibility index (Phi) is 10.3. The molecule has 2 heterocycles. The maximum Gasteiger partial charge on any atom is 0.242 e. The van der Waals surface area contributed by atoms with Crippen molar-refractivity contribution in [2.45, 2.75) is 83.7 Å². The van der Waals surface area contributed by atoms with Gasteiger partial charge in [0.1, 0.15) is 17.7 Å².